The summed E-state index contributed by atoms with van der Waals surface area (Å²) >= 11 is 0. The van der Waals surface area contributed by atoms with E-state index in [1.807, 2.05) is 0 Å². The molecule has 0 aromatic heterocycles. The SMILES string of the molecule is CC(OC(=O)NC1C=CC=C1)c1cc(CN2C(=O)C=CC2=O)ccc1[N+](=O)[O-]. The quantitative estimate of drug-likeness (QED) is 0.457. The van der Waals surface area contributed by atoms with Gasteiger partial charge in [0.15, 0.2) is 0 Å². The van der Waals surface area contributed by atoms with Gasteiger partial charge in [0.25, 0.3) is 17.5 Å². The highest BCUT2D eigenvalue weighted by molar-refractivity contribution is 6.12. The lowest BCUT2D eigenvalue weighted by atomic mass is 10.0. The maximum Gasteiger partial charge on any atom is 0.408 e. The summed E-state index contributed by atoms with van der Waals surface area (Å²) in [4.78, 5) is 47.3. The van der Waals surface area contributed by atoms with Crippen molar-refractivity contribution in [1.82, 2.24) is 10.2 Å². The number of ether oxygens (including phenoxy) is 1. The fourth-order valence-electron chi connectivity index (χ4n) is 2.89. The first-order valence-corrected chi connectivity index (χ1v) is 8.48. The van der Waals surface area contributed by atoms with Crippen LogP contribution in [0.2, 0.25) is 0 Å². The van der Waals surface area contributed by atoms with Gasteiger partial charge in [0, 0.05) is 18.2 Å². The van der Waals surface area contributed by atoms with Gasteiger partial charge >= 0.3 is 6.09 Å². The number of nitro groups is 1. The minimum absolute atomic E-state index is 0.0355. The third-order valence-electron chi connectivity index (χ3n) is 4.28. The fraction of sp³-hybridized carbons (Fsp3) is 0.211. The van der Waals surface area contributed by atoms with E-state index in [4.69, 9.17) is 4.74 Å². The molecule has 9 heteroatoms. The van der Waals surface area contributed by atoms with Gasteiger partial charge in [-0.05, 0) is 18.6 Å². The summed E-state index contributed by atoms with van der Waals surface area (Å²) in [6.45, 7) is 1.48. The molecule has 1 heterocycles. The summed E-state index contributed by atoms with van der Waals surface area (Å²) in [7, 11) is 0. The van der Waals surface area contributed by atoms with E-state index in [0.717, 1.165) is 17.1 Å². The van der Waals surface area contributed by atoms with Crippen LogP contribution in [0.5, 0.6) is 0 Å². The zero-order chi connectivity index (χ0) is 20.3. The van der Waals surface area contributed by atoms with Crippen LogP contribution >= 0.6 is 0 Å². The van der Waals surface area contributed by atoms with Crippen molar-refractivity contribution in [1.29, 1.82) is 0 Å². The Morgan fingerprint density at radius 2 is 1.89 bits per heavy atom. The number of nitrogens with one attached hydrogen (secondary N) is 1. The van der Waals surface area contributed by atoms with Crippen LogP contribution in [0.25, 0.3) is 0 Å². The molecule has 9 nitrogen and oxygen atoms in total. The lowest BCUT2D eigenvalue weighted by Gasteiger charge is -2.18. The average molecular weight is 383 g/mol. The molecule has 28 heavy (non-hydrogen) atoms. The Morgan fingerprint density at radius 3 is 2.50 bits per heavy atom. The van der Waals surface area contributed by atoms with E-state index in [-0.39, 0.29) is 23.8 Å². The van der Waals surface area contributed by atoms with Crippen LogP contribution in [0, 0.1) is 10.1 Å². The minimum atomic E-state index is -0.919. The van der Waals surface area contributed by atoms with Crippen molar-refractivity contribution in [3.63, 3.8) is 0 Å². The van der Waals surface area contributed by atoms with Gasteiger partial charge in [-0.2, -0.15) is 0 Å². The molecule has 3 amide bonds. The number of hydrogen-bond donors (Lipinski definition) is 1. The van der Waals surface area contributed by atoms with Crippen molar-refractivity contribution in [2.45, 2.75) is 25.6 Å². The van der Waals surface area contributed by atoms with Crippen LogP contribution in [0.4, 0.5) is 10.5 Å². The molecule has 1 aliphatic heterocycles. The van der Waals surface area contributed by atoms with Crippen LogP contribution in [0.15, 0.2) is 54.7 Å². The minimum Gasteiger partial charge on any atom is -0.441 e. The van der Waals surface area contributed by atoms with Crippen molar-refractivity contribution in [2.24, 2.45) is 0 Å². The Labute approximate surface area is 160 Å². The summed E-state index contributed by atoms with van der Waals surface area (Å²) in [6, 6.07) is 3.90. The Balaban J connectivity index is 1.77. The number of alkyl carbamates (subject to hydrolysis) is 1. The van der Waals surface area contributed by atoms with Gasteiger partial charge in [0.05, 0.1) is 23.1 Å². The molecule has 1 aromatic carbocycles. The molecule has 0 bridgehead atoms. The second kappa shape index (κ2) is 7.87. The van der Waals surface area contributed by atoms with Gasteiger partial charge in [0.2, 0.25) is 0 Å². The maximum absolute atomic E-state index is 12.0. The van der Waals surface area contributed by atoms with Crippen molar-refractivity contribution in [2.75, 3.05) is 0 Å². The first-order chi connectivity index (χ1) is 13.3. The monoisotopic (exact) mass is 383 g/mol. The predicted octanol–water partition coefficient (Wildman–Crippen LogP) is 2.30. The van der Waals surface area contributed by atoms with Crippen LogP contribution in [0.3, 0.4) is 0 Å². The zero-order valence-corrected chi connectivity index (χ0v) is 14.9. The van der Waals surface area contributed by atoms with Crippen molar-refractivity contribution in [3.05, 3.63) is 75.9 Å². The molecule has 0 radical (unpaired) electrons. The highest BCUT2D eigenvalue weighted by atomic mass is 16.6. The molecule has 0 saturated heterocycles. The van der Waals surface area contributed by atoms with E-state index in [1.165, 1.54) is 25.1 Å². The van der Waals surface area contributed by atoms with Gasteiger partial charge < -0.3 is 10.1 Å². The number of hydrogen-bond acceptors (Lipinski definition) is 6. The summed E-state index contributed by atoms with van der Waals surface area (Å²) < 4.78 is 5.27. The number of carbonyl (C=O) groups is 3. The summed E-state index contributed by atoms with van der Waals surface area (Å²) in [5, 5.41) is 14.0. The second-order valence-corrected chi connectivity index (χ2v) is 6.23. The normalized spacial score (nSPS) is 16.7. The van der Waals surface area contributed by atoms with E-state index < -0.39 is 28.9 Å². The standard InChI is InChI=1S/C19H17N3O6/c1-12(28-19(25)20-14-4-2-3-5-14)15-10-13(6-7-16(15)22(26)27)11-21-17(23)8-9-18(21)24/h2-10,12,14H,11H2,1H3,(H,20,25). The number of allylic oxidation sites excluding steroid dienone is 2. The number of benzene rings is 1. The Morgan fingerprint density at radius 1 is 1.25 bits per heavy atom. The van der Waals surface area contributed by atoms with Crippen molar-refractivity contribution in [3.8, 4) is 0 Å². The molecule has 0 spiro atoms. The molecule has 144 valence electrons. The number of nitro benzene ring substituents is 1. The number of nitrogens with zero attached hydrogens (tertiary/aromatic N) is 2. The first-order valence-electron chi connectivity index (χ1n) is 8.48. The number of carbonyl (C=O) groups excluding carboxylic acids is 3. The molecule has 1 unspecified atom stereocenters. The van der Waals surface area contributed by atoms with Crippen molar-refractivity contribution >= 4 is 23.6 Å². The third-order valence-corrected chi connectivity index (χ3v) is 4.28. The largest absolute Gasteiger partial charge is 0.441 e. The van der Waals surface area contributed by atoms with E-state index in [9.17, 15) is 24.5 Å². The Hall–Kier alpha value is -3.75. The van der Waals surface area contributed by atoms with Crippen LogP contribution < -0.4 is 5.32 Å². The molecule has 1 atom stereocenters. The van der Waals surface area contributed by atoms with E-state index >= 15 is 0 Å². The van der Waals surface area contributed by atoms with Crippen LogP contribution in [-0.4, -0.2) is 33.8 Å². The summed E-state index contributed by atoms with van der Waals surface area (Å²) in [5.41, 5.74) is 0.452. The Bertz CT molecular complexity index is 904. The average Bonchev–Trinajstić information content (AvgIpc) is 3.26. The predicted molar refractivity (Wildman–Crippen MR) is 97.9 cm³/mol. The highest BCUT2D eigenvalue weighted by Gasteiger charge is 2.26. The highest BCUT2D eigenvalue weighted by Crippen LogP contribution is 2.29. The molecule has 2 aliphatic rings. The molecular weight excluding hydrogens is 366 g/mol. The third kappa shape index (κ3) is 4.14. The van der Waals surface area contributed by atoms with Gasteiger partial charge in [-0.25, -0.2) is 4.79 Å². The second-order valence-electron chi connectivity index (χ2n) is 6.23. The molecule has 1 aliphatic carbocycles. The number of rotatable bonds is 6. The molecule has 0 fully saturated rings. The van der Waals surface area contributed by atoms with Crippen LogP contribution in [-0.2, 0) is 20.9 Å². The Kier molecular flexibility index (Phi) is 5.35. The summed E-state index contributed by atoms with van der Waals surface area (Å²) in [6.07, 6.45) is 7.75. The van der Waals surface area contributed by atoms with E-state index in [2.05, 4.69) is 5.32 Å². The van der Waals surface area contributed by atoms with Crippen LogP contribution in [0.1, 0.15) is 24.2 Å². The maximum atomic E-state index is 12.0. The lowest BCUT2D eigenvalue weighted by molar-refractivity contribution is -0.386. The van der Waals surface area contributed by atoms with Gasteiger partial charge in [-0.15, -0.1) is 0 Å². The smallest absolute Gasteiger partial charge is 0.408 e. The number of imide groups is 1. The zero-order valence-electron chi connectivity index (χ0n) is 14.9. The van der Waals surface area contributed by atoms with Gasteiger partial charge in [0.1, 0.15) is 6.10 Å². The van der Waals surface area contributed by atoms with Gasteiger partial charge in [-0.1, -0.05) is 30.4 Å². The molecular formula is C19H17N3O6. The topological polar surface area (TPSA) is 119 Å². The van der Waals surface area contributed by atoms with E-state index in [1.54, 1.807) is 24.3 Å². The number of amides is 3. The molecule has 0 saturated carbocycles. The molecule has 3 rings (SSSR count). The van der Waals surface area contributed by atoms with E-state index in [0.29, 0.717) is 5.56 Å². The fourth-order valence-corrected chi connectivity index (χ4v) is 2.89. The first kappa shape index (κ1) is 19.0. The molecule has 1 N–H and O–H groups in total. The lowest BCUT2D eigenvalue weighted by Crippen LogP contribution is -2.32. The van der Waals surface area contributed by atoms with Crippen molar-refractivity contribution < 1.29 is 24.0 Å². The molecule has 1 aromatic rings. The summed E-state index contributed by atoms with van der Waals surface area (Å²) in [5.74, 6) is -0.905. The van der Waals surface area contributed by atoms with Gasteiger partial charge in [-0.3, -0.25) is 24.6 Å².